The number of nitrogens with zero attached hydrogens (tertiary/aromatic N) is 4. The second kappa shape index (κ2) is 14.7. The Morgan fingerprint density at radius 1 is 0.950 bits per heavy atom. The highest BCUT2D eigenvalue weighted by molar-refractivity contribution is 5.98. The Balaban J connectivity index is 1.66. The van der Waals surface area contributed by atoms with Gasteiger partial charge in [-0.2, -0.15) is 0 Å². The summed E-state index contributed by atoms with van der Waals surface area (Å²) >= 11 is 0. The van der Waals surface area contributed by atoms with Crippen LogP contribution in [-0.4, -0.2) is 64.6 Å². The van der Waals surface area contributed by atoms with E-state index in [1.807, 2.05) is 31.2 Å². The third-order valence-corrected chi connectivity index (χ3v) is 7.94. The highest BCUT2D eigenvalue weighted by atomic mass is 16.5. The van der Waals surface area contributed by atoms with E-state index in [-0.39, 0.29) is 5.91 Å². The number of hydrogen-bond donors (Lipinski definition) is 0. The van der Waals surface area contributed by atoms with Crippen molar-refractivity contribution in [2.24, 2.45) is 11.8 Å². The predicted octanol–water partition coefficient (Wildman–Crippen LogP) is 7.51. The molecule has 0 radical (unpaired) electrons. The lowest BCUT2D eigenvalue weighted by Crippen LogP contribution is -2.34. The van der Waals surface area contributed by atoms with Gasteiger partial charge in [-0.15, -0.1) is 0 Å². The number of aromatic nitrogens is 2. The van der Waals surface area contributed by atoms with Crippen LogP contribution in [-0.2, 0) is 6.54 Å². The molecule has 0 unspecified atom stereocenters. The fraction of sp³-hybridized carbons (Fsp3) is 0.588. The maximum absolute atomic E-state index is 13.8. The summed E-state index contributed by atoms with van der Waals surface area (Å²) in [6.07, 6.45) is 7.04. The van der Waals surface area contributed by atoms with Crippen LogP contribution in [0.1, 0.15) is 83.5 Å². The molecule has 40 heavy (non-hydrogen) atoms. The highest BCUT2D eigenvalue weighted by Crippen LogP contribution is 2.29. The lowest BCUT2D eigenvalue weighted by atomic mass is 10.1. The summed E-state index contributed by atoms with van der Waals surface area (Å²) in [4.78, 5) is 23.5. The molecule has 2 aromatic carbocycles. The molecule has 1 aromatic heterocycles. The van der Waals surface area contributed by atoms with Gasteiger partial charge in [-0.25, -0.2) is 4.98 Å². The quantitative estimate of drug-likeness (QED) is 0.210. The highest BCUT2D eigenvalue weighted by Gasteiger charge is 2.20. The second-order valence-electron chi connectivity index (χ2n) is 12.2. The lowest BCUT2D eigenvalue weighted by molar-refractivity contribution is 0.0741. The van der Waals surface area contributed by atoms with Crippen molar-refractivity contribution >= 4 is 16.9 Å². The molecule has 6 heteroatoms. The summed E-state index contributed by atoms with van der Waals surface area (Å²) in [6.45, 7) is 17.5. The molecule has 1 fully saturated rings. The van der Waals surface area contributed by atoms with E-state index >= 15 is 0 Å². The normalized spacial score (nSPS) is 14.4. The van der Waals surface area contributed by atoms with Gasteiger partial charge >= 0.3 is 0 Å². The van der Waals surface area contributed by atoms with E-state index in [9.17, 15) is 4.79 Å². The van der Waals surface area contributed by atoms with Gasteiger partial charge in [0.2, 0.25) is 0 Å². The molecule has 0 N–H and O–H groups in total. The number of carbonyl (C=O) groups excluding carboxylic acids is 1. The van der Waals surface area contributed by atoms with E-state index in [2.05, 4.69) is 60.3 Å². The number of piperidine rings is 1. The lowest BCUT2D eigenvalue weighted by Gasteiger charge is -2.26. The molecular formula is C34H50N4O2. The molecule has 3 aromatic rings. The first-order valence-corrected chi connectivity index (χ1v) is 15.6. The van der Waals surface area contributed by atoms with Crippen LogP contribution in [0.15, 0.2) is 42.5 Å². The molecule has 6 nitrogen and oxygen atoms in total. The number of aryl methyl sites for hydroxylation is 1. The average molecular weight is 547 g/mol. The topological polar surface area (TPSA) is 50.6 Å². The average Bonchev–Trinajstić information content (AvgIpc) is 3.31. The molecule has 4 rings (SSSR count). The molecule has 0 bridgehead atoms. The van der Waals surface area contributed by atoms with E-state index in [0.717, 1.165) is 79.2 Å². The first-order valence-electron chi connectivity index (χ1n) is 15.6. The van der Waals surface area contributed by atoms with Crippen LogP contribution in [0.2, 0.25) is 0 Å². The molecule has 0 spiro atoms. The Labute approximate surface area is 241 Å². The number of likely N-dealkylation sites (tertiary alicyclic amines) is 1. The second-order valence-corrected chi connectivity index (χ2v) is 12.2. The van der Waals surface area contributed by atoms with Crippen LogP contribution < -0.4 is 4.74 Å². The first kappa shape index (κ1) is 30.1. The van der Waals surface area contributed by atoms with Crippen molar-refractivity contribution in [2.45, 2.75) is 79.7 Å². The zero-order valence-electron chi connectivity index (χ0n) is 25.5. The Morgan fingerprint density at radius 3 is 2.35 bits per heavy atom. The first-order chi connectivity index (χ1) is 19.4. The molecule has 1 aliphatic rings. The Kier molecular flexibility index (Phi) is 11.0. The van der Waals surface area contributed by atoms with Crippen LogP contribution in [0.4, 0.5) is 0 Å². The Morgan fingerprint density at radius 2 is 1.68 bits per heavy atom. The van der Waals surface area contributed by atoms with Crippen LogP contribution in [0.25, 0.3) is 22.4 Å². The fourth-order valence-corrected chi connectivity index (χ4v) is 5.56. The maximum atomic E-state index is 13.8. The van der Waals surface area contributed by atoms with Crippen molar-refractivity contribution in [3.8, 4) is 17.1 Å². The summed E-state index contributed by atoms with van der Waals surface area (Å²) in [5.41, 5.74) is 3.77. The van der Waals surface area contributed by atoms with Gasteiger partial charge in [0.25, 0.3) is 5.91 Å². The molecule has 0 atom stereocenters. The van der Waals surface area contributed by atoms with E-state index in [1.54, 1.807) is 0 Å². The SMILES string of the molecule is CCOc1cccc(-c2nc3ccc(C(=O)N(CCC(C)C)CCC(C)C)cc3n2CCCN2CCCCC2)c1. The summed E-state index contributed by atoms with van der Waals surface area (Å²) in [5, 5.41) is 0. The van der Waals surface area contributed by atoms with Gasteiger partial charge in [-0.1, -0.05) is 46.2 Å². The smallest absolute Gasteiger partial charge is 0.253 e. The van der Waals surface area contributed by atoms with Crippen molar-refractivity contribution in [3.05, 3.63) is 48.0 Å². The largest absolute Gasteiger partial charge is 0.494 e. The van der Waals surface area contributed by atoms with Gasteiger partial charge in [0, 0.05) is 30.8 Å². The van der Waals surface area contributed by atoms with E-state index in [0.29, 0.717) is 18.4 Å². The third kappa shape index (κ3) is 8.09. The summed E-state index contributed by atoms with van der Waals surface area (Å²) < 4.78 is 8.13. The van der Waals surface area contributed by atoms with Crippen LogP contribution in [0.5, 0.6) is 5.75 Å². The molecule has 0 saturated carbocycles. The van der Waals surface area contributed by atoms with Gasteiger partial charge in [0.15, 0.2) is 0 Å². The van der Waals surface area contributed by atoms with Crippen LogP contribution >= 0.6 is 0 Å². The molecule has 1 aliphatic heterocycles. The van der Waals surface area contributed by atoms with Gasteiger partial charge in [0.05, 0.1) is 17.6 Å². The number of rotatable bonds is 14. The van der Waals surface area contributed by atoms with Gasteiger partial charge in [-0.05, 0) is 101 Å². The number of fused-ring (bicyclic) bond motifs is 1. The number of amides is 1. The van der Waals surface area contributed by atoms with Crippen LogP contribution in [0.3, 0.4) is 0 Å². The van der Waals surface area contributed by atoms with Gasteiger partial charge < -0.3 is 19.1 Å². The van der Waals surface area contributed by atoms with Crippen molar-refractivity contribution in [1.29, 1.82) is 0 Å². The van der Waals surface area contributed by atoms with Crippen molar-refractivity contribution in [2.75, 3.05) is 39.3 Å². The number of imidazole rings is 1. The Bertz CT molecular complexity index is 1210. The fourth-order valence-electron chi connectivity index (χ4n) is 5.56. The number of hydrogen-bond acceptors (Lipinski definition) is 4. The van der Waals surface area contributed by atoms with Crippen LogP contribution in [0, 0.1) is 11.8 Å². The number of carbonyl (C=O) groups is 1. The Hall–Kier alpha value is -2.86. The molecule has 1 amide bonds. The third-order valence-electron chi connectivity index (χ3n) is 7.94. The molecule has 2 heterocycles. The van der Waals surface area contributed by atoms with E-state index < -0.39 is 0 Å². The monoisotopic (exact) mass is 546 g/mol. The minimum Gasteiger partial charge on any atom is -0.494 e. The number of ether oxygens (including phenoxy) is 1. The summed E-state index contributed by atoms with van der Waals surface area (Å²) in [6, 6.07) is 14.3. The molecule has 218 valence electrons. The molecule has 0 aliphatic carbocycles. The summed E-state index contributed by atoms with van der Waals surface area (Å²) in [7, 11) is 0. The van der Waals surface area contributed by atoms with Gasteiger partial charge in [0.1, 0.15) is 11.6 Å². The summed E-state index contributed by atoms with van der Waals surface area (Å²) in [5.74, 6) is 3.05. The maximum Gasteiger partial charge on any atom is 0.253 e. The molecule has 1 saturated heterocycles. The standard InChI is InChI=1S/C34H50N4O2/c1-6-40-30-13-10-12-28(24-30)33-35-31-15-14-29(34(39)37(22-16-26(2)3)23-17-27(4)5)25-32(31)38(33)21-11-20-36-18-8-7-9-19-36/h10,12-15,24-27H,6-9,11,16-23H2,1-5H3. The molecular weight excluding hydrogens is 496 g/mol. The van der Waals surface area contributed by atoms with E-state index in [4.69, 9.17) is 9.72 Å². The number of benzene rings is 2. The zero-order valence-corrected chi connectivity index (χ0v) is 25.5. The van der Waals surface area contributed by atoms with Gasteiger partial charge in [-0.3, -0.25) is 4.79 Å². The minimum absolute atomic E-state index is 0.129. The zero-order chi connectivity index (χ0) is 28.5. The van der Waals surface area contributed by atoms with E-state index in [1.165, 1.54) is 32.4 Å². The predicted molar refractivity (Wildman–Crippen MR) is 166 cm³/mol. The minimum atomic E-state index is 0.129. The van der Waals surface area contributed by atoms with Crippen molar-refractivity contribution in [3.63, 3.8) is 0 Å². The van der Waals surface area contributed by atoms with Crippen molar-refractivity contribution in [1.82, 2.24) is 19.4 Å². The van der Waals surface area contributed by atoms with Crippen molar-refractivity contribution < 1.29 is 9.53 Å².